The minimum absolute atomic E-state index is 0.0668. The Labute approximate surface area is 169 Å². The molecule has 0 aliphatic carbocycles. The first kappa shape index (κ1) is 20.1. The van der Waals surface area contributed by atoms with Crippen molar-refractivity contribution in [2.45, 2.75) is 18.2 Å². The molecule has 0 saturated heterocycles. The van der Waals surface area contributed by atoms with Crippen LogP contribution in [0.25, 0.3) is 11.5 Å². The van der Waals surface area contributed by atoms with Gasteiger partial charge in [0, 0.05) is 12.1 Å². The lowest BCUT2D eigenvalue weighted by molar-refractivity contribution is -0.118. The molecule has 0 saturated carbocycles. The van der Waals surface area contributed by atoms with E-state index in [1.807, 2.05) is 63.5 Å². The molecule has 0 fully saturated rings. The van der Waals surface area contributed by atoms with Crippen LogP contribution < -0.4 is 5.32 Å². The van der Waals surface area contributed by atoms with Crippen molar-refractivity contribution in [3.8, 4) is 11.5 Å². The highest BCUT2D eigenvalue weighted by atomic mass is 32.2. The van der Waals surface area contributed by atoms with E-state index in [1.165, 1.54) is 22.9 Å². The third kappa shape index (κ3) is 5.43. The molecule has 2 aromatic carbocycles. The van der Waals surface area contributed by atoms with E-state index in [9.17, 15) is 4.79 Å². The zero-order chi connectivity index (χ0) is 19.9. The predicted molar refractivity (Wildman–Crippen MR) is 111 cm³/mol. The number of nitrogens with zero attached hydrogens (tertiary/aromatic N) is 3. The zero-order valence-corrected chi connectivity index (χ0v) is 17.1. The second-order valence-corrected chi connectivity index (χ2v) is 7.65. The van der Waals surface area contributed by atoms with Gasteiger partial charge in [0.05, 0.1) is 11.8 Å². The van der Waals surface area contributed by atoms with E-state index in [1.54, 1.807) is 0 Å². The van der Waals surface area contributed by atoms with Gasteiger partial charge in [-0.1, -0.05) is 59.8 Å². The van der Waals surface area contributed by atoms with Crippen LogP contribution in [0.5, 0.6) is 0 Å². The Morgan fingerprint density at radius 3 is 2.50 bits per heavy atom. The van der Waals surface area contributed by atoms with E-state index < -0.39 is 0 Å². The Bertz CT molecular complexity index is 894. The van der Waals surface area contributed by atoms with E-state index in [4.69, 9.17) is 4.42 Å². The van der Waals surface area contributed by atoms with Crippen molar-refractivity contribution in [1.29, 1.82) is 0 Å². The molecular formula is C21H24N4O2S. The summed E-state index contributed by atoms with van der Waals surface area (Å²) in [4.78, 5) is 14.3. The van der Waals surface area contributed by atoms with Crippen molar-refractivity contribution >= 4 is 17.7 Å². The Hall–Kier alpha value is -2.64. The summed E-state index contributed by atoms with van der Waals surface area (Å²) in [5, 5.41) is 11.4. The predicted octanol–water partition coefficient (Wildman–Crippen LogP) is 3.56. The molecule has 0 bridgehead atoms. The second-order valence-electron chi connectivity index (χ2n) is 6.72. The standard InChI is InChI=1S/C21H24N4O2S/c1-15-9-11-17(12-10-15)20-23-24-21(27-20)28-14-19(26)22-13-18(25(2)3)16-7-5-4-6-8-16/h4-12,18H,13-14H2,1-3H3,(H,22,26)/t18-/m1/s1. The van der Waals surface area contributed by atoms with E-state index in [-0.39, 0.29) is 17.7 Å². The molecule has 0 unspecified atom stereocenters. The number of rotatable bonds is 8. The van der Waals surface area contributed by atoms with Gasteiger partial charge in [-0.15, -0.1) is 10.2 Å². The SMILES string of the molecule is Cc1ccc(-c2nnc(SCC(=O)NC[C@H](c3ccccc3)N(C)C)o2)cc1. The first-order valence-corrected chi connectivity index (χ1v) is 10.0. The Morgan fingerprint density at radius 2 is 1.82 bits per heavy atom. The van der Waals surface area contributed by atoms with Crippen LogP contribution in [-0.2, 0) is 4.79 Å². The van der Waals surface area contributed by atoms with Crippen molar-refractivity contribution in [3.63, 3.8) is 0 Å². The van der Waals surface area contributed by atoms with Gasteiger partial charge in [-0.25, -0.2) is 0 Å². The Kier molecular flexibility index (Phi) is 6.84. The number of hydrogen-bond donors (Lipinski definition) is 1. The number of aromatic nitrogens is 2. The number of aryl methyl sites for hydroxylation is 1. The number of carbonyl (C=O) groups is 1. The molecule has 0 aliphatic rings. The van der Waals surface area contributed by atoms with Crippen molar-refractivity contribution in [1.82, 2.24) is 20.4 Å². The van der Waals surface area contributed by atoms with Gasteiger partial charge in [0.2, 0.25) is 11.8 Å². The Morgan fingerprint density at radius 1 is 1.11 bits per heavy atom. The molecule has 146 valence electrons. The molecule has 3 rings (SSSR count). The summed E-state index contributed by atoms with van der Waals surface area (Å²) in [7, 11) is 4.01. The monoisotopic (exact) mass is 396 g/mol. The van der Waals surface area contributed by atoms with E-state index in [2.05, 4.69) is 32.5 Å². The van der Waals surface area contributed by atoms with Crippen LogP contribution in [-0.4, -0.2) is 47.4 Å². The summed E-state index contributed by atoms with van der Waals surface area (Å²) in [6, 6.07) is 18.1. The van der Waals surface area contributed by atoms with Gasteiger partial charge in [0.1, 0.15) is 0 Å². The first-order valence-electron chi connectivity index (χ1n) is 9.04. The average Bonchev–Trinajstić information content (AvgIpc) is 3.17. The van der Waals surface area contributed by atoms with Crippen LogP contribution in [0.15, 0.2) is 64.2 Å². The van der Waals surface area contributed by atoms with Crippen molar-refractivity contribution in [2.24, 2.45) is 0 Å². The lowest BCUT2D eigenvalue weighted by atomic mass is 10.1. The summed E-state index contributed by atoms with van der Waals surface area (Å²) in [6.07, 6.45) is 0. The maximum atomic E-state index is 12.2. The number of nitrogens with one attached hydrogen (secondary N) is 1. The molecule has 1 aromatic heterocycles. The molecule has 1 amide bonds. The summed E-state index contributed by atoms with van der Waals surface area (Å²) in [6.45, 7) is 2.56. The van der Waals surface area contributed by atoms with E-state index in [0.717, 1.165) is 5.56 Å². The highest BCUT2D eigenvalue weighted by Crippen LogP contribution is 2.23. The molecule has 3 aromatic rings. The number of benzene rings is 2. The zero-order valence-electron chi connectivity index (χ0n) is 16.3. The van der Waals surface area contributed by atoms with Crippen LogP contribution in [0.2, 0.25) is 0 Å². The molecule has 28 heavy (non-hydrogen) atoms. The molecular weight excluding hydrogens is 372 g/mol. The summed E-state index contributed by atoms with van der Waals surface area (Å²) in [5.41, 5.74) is 3.20. The maximum absolute atomic E-state index is 12.2. The number of thioether (sulfide) groups is 1. The minimum Gasteiger partial charge on any atom is -0.411 e. The van der Waals surface area contributed by atoms with Crippen molar-refractivity contribution < 1.29 is 9.21 Å². The Balaban J connectivity index is 1.51. The van der Waals surface area contributed by atoms with Crippen LogP contribution in [0.3, 0.4) is 0 Å². The third-order valence-electron chi connectivity index (χ3n) is 4.33. The van der Waals surface area contributed by atoms with Gasteiger partial charge >= 0.3 is 0 Å². The molecule has 6 nitrogen and oxygen atoms in total. The summed E-state index contributed by atoms with van der Waals surface area (Å²) >= 11 is 1.24. The molecule has 0 spiro atoms. The normalized spacial score (nSPS) is 12.1. The summed E-state index contributed by atoms with van der Waals surface area (Å²) < 4.78 is 5.65. The molecule has 0 aliphatic heterocycles. The number of likely N-dealkylation sites (N-methyl/N-ethyl adjacent to an activating group) is 1. The third-order valence-corrected chi connectivity index (χ3v) is 5.15. The number of hydrogen-bond acceptors (Lipinski definition) is 6. The molecule has 1 heterocycles. The van der Waals surface area contributed by atoms with E-state index >= 15 is 0 Å². The highest BCUT2D eigenvalue weighted by Gasteiger charge is 2.16. The second kappa shape index (κ2) is 9.52. The van der Waals surface area contributed by atoms with Gasteiger partial charge in [-0.3, -0.25) is 4.79 Å². The van der Waals surface area contributed by atoms with Gasteiger partial charge in [-0.2, -0.15) is 0 Å². The quantitative estimate of drug-likeness (QED) is 0.587. The maximum Gasteiger partial charge on any atom is 0.277 e. The van der Waals surface area contributed by atoms with Crippen LogP contribution >= 0.6 is 11.8 Å². The topological polar surface area (TPSA) is 71.3 Å². The lowest BCUT2D eigenvalue weighted by Gasteiger charge is -2.25. The molecule has 1 N–H and O–H groups in total. The van der Waals surface area contributed by atoms with Gasteiger partial charge in [-0.05, 0) is 38.7 Å². The largest absolute Gasteiger partial charge is 0.411 e. The van der Waals surface area contributed by atoms with Crippen molar-refractivity contribution in [3.05, 3.63) is 65.7 Å². The number of carbonyl (C=O) groups excluding carboxylic acids is 1. The average molecular weight is 397 g/mol. The van der Waals surface area contributed by atoms with Crippen molar-refractivity contribution in [2.75, 3.05) is 26.4 Å². The van der Waals surface area contributed by atoms with Crippen LogP contribution in [0, 0.1) is 6.92 Å². The fourth-order valence-electron chi connectivity index (χ4n) is 2.74. The number of amides is 1. The fourth-order valence-corrected chi connectivity index (χ4v) is 3.34. The molecule has 7 heteroatoms. The van der Waals surface area contributed by atoms with Gasteiger partial charge in [0.25, 0.3) is 5.22 Å². The smallest absolute Gasteiger partial charge is 0.277 e. The van der Waals surface area contributed by atoms with E-state index in [0.29, 0.717) is 17.7 Å². The van der Waals surface area contributed by atoms with Crippen LogP contribution in [0.1, 0.15) is 17.2 Å². The van der Waals surface area contributed by atoms with Gasteiger partial charge in [0.15, 0.2) is 0 Å². The molecule has 0 radical (unpaired) electrons. The summed E-state index contributed by atoms with van der Waals surface area (Å²) in [5.74, 6) is 0.618. The van der Waals surface area contributed by atoms with Crippen LogP contribution in [0.4, 0.5) is 0 Å². The first-order chi connectivity index (χ1) is 13.5. The fraction of sp³-hybridized carbons (Fsp3) is 0.286. The van der Waals surface area contributed by atoms with Gasteiger partial charge < -0.3 is 14.6 Å². The lowest BCUT2D eigenvalue weighted by Crippen LogP contribution is -2.35. The highest BCUT2D eigenvalue weighted by molar-refractivity contribution is 7.99. The molecule has 1 atom stereocenters. The minimum atomic E-state index is -0.0668.